The molecule has 3 aliphatic rings. The quantitative estimate of drug-likeness (QED) is 0.833. The van der Waals surface area contributed by atoms with Crippen molar-refractivity contribution < 1.29 is 0 Å². The fourth-order valence-corrected chi connectivity index (χ4v) is 4.81. The maximum Gasteiger partial charge on any atom is 0.0235 e. The summed E-state index contributed by atoms with van der Waals surface area (Å²) in [7, 11) is 0. The van der Waals surface area contributed by atoms with Gasteiger partial charge in [-0.25, -0.2) is 0 Å². The molecular formula is C17H33N3. The SMILES string of the molecule is CCCC1(CN2CCC(N3CCCC3)C2)CCNCC1. The molecule has 3 saturated heterocycles. The van der Waals surface area contributed by atoms with E-state index in [1.54, 1.807) is 0 Å². The lowest BCUT2D eigenvalue weighted by atomic mass is 9.75. The van der Waals surface area contributed by atoms with Crippen LogP contribution in [0.25, 0.3) is 0 Å². The maximum atomic E-state index is 3.55. The minimum atomic E-state index is 0.625. The van der Waals surface area contributed by atoms with Crippen molar-refractivity contribution in [2.45, 2.75) is 57.9 Å². The van der Waals surface area contributed by atoms with Gasteiger partial charge in [0.2, 0.25) is 0 Å². The zero-order valence-electron chi connectivity index (χ0n) is 13.4. The highest BCUT2D eigenvalue weighted by atomic mass is 15.3. The molecule has 0 spiro atoms. The highest BCUT2D eigenvalue weighted by Crippen LogP contribution is 2.36. The molecule has 0 aromatic carbocycles. The number of nitrogens with zero attached hydrogens (tertiary/aromatic N) is 2. The van der Waals surface area contributed by atoms with Gasteiger partial charge in [0.1, 0.15) is 0 Å². The van der Waals surface area contributed by atoms with Gasteiger partial charge < -0.3 is 10.2 Å². The van der Waals surface area contributed by atoms with Crippen molar-refractivity contribution in [3.05, 3.63) is 0 Å². The molecule has 20 heavy (non-hydrogen) atoms. The molecular weight excluding hydrogens is 246 g/mol. The van der Waals surface area contributed by atoms with Gasteiger partial charge in [-0.15, -0.1) is 0 Å². The van der Waals surface area contributed by atoms with Crippen LogP contribution in [0.2, 0.25) is 0 Å². The van der Waals surface area contributed by atoms with Gasteiger partial charge in [-0.3, -0.25) is 4.90 Å². The number of piperidine rings is 1. The Morgan fingerprint density at radius 3 is 2.55 bits per heavy atom. The molecule has 1 atom stereocenters. The van der Waals surface area contributed by atoms with Crippen LogP contribution in [0.1, 0.15) is 51.9 Å². The minimum Gasteiger partial charge on any atom is -0.317 e. The first-order valence-electron chi connectivity index (χ1n) is 8.98. The van der Waals surface area contributed by atoms with Crippen LogP contribution in [0.15, 0.2) is 0 Å². The van der Waals surface area contributed by atoms with E-state index in [4.69, 9.17) is 0 Å². The molecule has 1 unspecified atom stereocenters. The van der Waals surface area contributed by atoms with E-state index < -0.39 is 0 Å². The first kappa shape index (κ1) is 14.8. The van der Waals surface area contributed by atoms with E-state index in [9.17, 15) is 0 Å². The second kappa shape index (κ2) is 6.76. The molecule has 3 heterocycles. The largest absolute Gasteiger partial charge is 0.317 e. The normalized spacial score (nSPS) is 31.9. The van der Waals surface area contributed by atoms with Gasteiger partial charge in [-0.05, 0) is 76.7 Å². The molecule has 3 rings (SSSR count). The predicted molar refractivity (Wildman–Crippen MR) is 85.1 cm³/mol. The summed E-state index contributed by atoms with van der Waals surface area (Å²) in [5.41, 5.74) is 0.625. The van der Waals surface area contributed by atoms with Gasteiger partial charge in [0.15, 0.2) is 0 Å². The number of hydrogen-bond donors (Lipinski definition) is 1. The molecule has 3 nitrogen and oxygen atoms in total. The summed E-state index contributed by atoms with van der Waals surface area (Å²) in [5.74, 6) is 0. The lowest BCUT2D eigenvalue weighted by Gasteiger charge is -2.40. The summed E-state index contributed by atoms with van der Waals surface area (Å²) in [6.07, 6.45) is 9.85. The number of hydrogen-bond acceptors (Lipinski definition) is 3. The highest BCUT2D eigenvalue weighted by Gasteiger charge is 2.36. The lowest BCUT2D eigenvalue weighted by molar-refractivity contribution is 0.109. The van der Waals surface area contributed by atoms with Crippen LogP contribution in [-0.4, -0.2) is 61.7 Å². The Balaban J connectivity index is 1.53. The first-order valence-corrected chi connectivity index (χ1v) is 8.98. The van der Waals surface area contributed by atoms with E-state index in [1.807, 2.05) is 0 Å². The molecule has 116 valence electrons. The van der Waals surface area contributed by atoms with Crippen LogP contribution < -0.4 is 5.32 Å². The average Bonchev–Trinajstić information content (AvgIpc) is 3.10. The number of likely N-dealkylation sites (tertiary alicyclic amines) is 2. The number of nitrogens with one attached hydrogen (secondary N) is 1. The fraction of sp³-hybridized carbons (Fsp3) is 1.00. The molecule has 3 aliphatic heterocycles. The van der Waals surface area contributed by atoms with E-state index in [1.165, 1.54) is 90.8 Å². The smallest absolute Gasteiger partial charge is 0.0235 e. The molecule has 0 aromatic heterocycles. The van der Waals surface area contributed by atoms with Crippen LogP contribution in [0.3, 0.4) is 0 Å². The molecule has 0 amide bonds. The van der Waals surface area contributed by atoms with Gasteiger partial charge >= 0.3 is 0 Å². The van der Waals surface area contributed by atoms with E-state index in [-0.39, 0.29) is 0 Å². The van der Waals surface area contributed by atoms with Crippen molar-refractivity contribution in [1.82, 2.24) is 15.1 Å². The molecule has 3 fully saturated rings. The van der Waals surface area contributed by atoms with Crippen molar-refractivity contribution in [2.75, 3.05) is 45.8 Å². The van der Waals surface area contributed by atoms with Crippen LogP contribution >= 0.6 is 0 Å². The van der Waals surface area contributed by atoms with Crippen LogP contribution in [0, 0.1) is 5.41 Å². The van der Waals surface area contributed by atoms with Crippen LogP contribution in [0.5, 0.6) is 0 Å². The Labute approximate surface area is 125 Å². The Bertz CT molecular complexity index is 287. The van der Waals surface area contributed by atoms with Crippen LogP contribution in [-0.2, 0) is 0 Å². The molecule has 1 N–H and O–H groups in total. The third-order valence-electron chi connectivity index (χ3n) is 5.91. The van der Waals surface area contributed by atoms with E-state index >= 15 is 0 Å². The second-order valence-electron chi connectivity index (χ2n) is 7.42. The third kappa shape index (κ3) is 3.37. The average molecular weight is 279 g/mol. The van der Waals surface area contributed by atoms with E-state index in [2.05, 4.69) is 22.0 Å². The molecule has 0 aliphatic carbocycles. The number of rotatable bonds is 5. The molecule has 0 aromatic rings. The third-order valence-corrected chi connectivity index (χ3v) is 5.91. The van der Waals surface area contributed by atoms with Crippen molar-refractivity contribution >= 4 is 0 Å². The standard InChI is InChI=1S/C17H33N3/c1-2-6-17(7-9-18-10-8-17)15-19-13-5-16(14-19)20-11-3-4-12-20/h16,18H,2-15H2,1H3. The monoisotopic (exact) mass is 279 g/mol. The first-order chi connectivity index (χ1) is 9.81. The van der Waals surface area contributed by atoms with Crippen LogP contribution in [0.4, 0.5) is 0 Å². The Kier molecular flexibility index (Phi) is 5.00. The summed E-state index contributed by atoms with van der Waals surface area (Å²) in [4.78, 5) is 5.55. The van der Waals surface area contributed by atoms with Gasteiger partial charge in [0.25, 0.3) is 0 Å². The van der Waals surface area contributed by atoms with E-state index in [0.29, 0.717) is 5.41 Å². The van der Waals surface area contributed by atoms with Gasteiger partial charge in [0.05, 0.1) is 0 Å². The summed E-state index contributed by atoms with van der Waals surface area (Å²) >= 11 is 0. The van der Waals surface area contributed by atoms with Crippen molar-refractivity contribution in [3.63, 3.8) is 0 Å². The second-order valence-corrected chi connectivity index (χ2v) is 7.42. The maximum absolute atomic E-state index is 3.55. The van der Waals surface area contributed by atoms with Gasteiger partial charge in [-0.2, -0.15) is 0 Å². The molecule has 3 heteroatoms. The fourth-order valence-electron chi connectivity index (χ4n) is 4.81. The summed E-state index contributed by atoms with van der Waals surface area (Å²) in [5, 5.41) is 3.55. The zero-order valence-corrected chi connectivity index (χ0v) is 13.4. The summed E-state index contributed by atoms with van der Waals surface area (Å²) in [6.45, 7) is 11.6. The summed E-state index contributed by atoms with van der Waals surface area (Å²) in [6, 6.07) is 0.873. The molecule has 0 bridgehead atoms. The Morgan fingerprint density at radius 1 is 1.10 bits per heavy atom. The molecule has 0 saturated carbocycles. The Hall–Kier alpha value is -0.120. The lowest BCUT2D eigenvalue weighted by Crippen LogP contribution is -2.45. The van der Waals surface area contributed by atoms with Gasteiger partial charge in [0, 0.05) is 19.1 Å². The molecule has 0 radical (unpaired) electrons. The zero-order chi connectivity index (χ0) is 13.8. The van der Waals surface area contributed by atoms with Crippen molar-refractivity contribution in [3.8, 4) is 0 Å². The Morgan fingerprint density at radius 2 is 1.85 bits per heavy atom. The van der Waals surface area contributed by atoms with Gasteiger partial charge in [-0.1, -0.05) is 13.3 Å². The van der Waals surface area contributed by atoms with Crippen molar-refractivity contribution in [2.24, 2.45) is 5.41 Å². The topological polar surface area (TPSA) is 18.5 Å². The summed E-state index contributed by atoms with van der Waals surface area (Å²) < 4.78 is 0. The highest BCUT2D eigenvalue weighted by molar-refractivity contribution is 4.92. The minimum absolute atomic E-state index is 0.625. The predicted octanol–water partition coefficient (Wildman–Crippen LogP) is 2.33. The van der Waals surface area contributed by atoms with E-state index in [0.717, 1.165) is 6.04 Å². The van der Waals surface area contributed by atoms with Crippen molar-refractivity contribution in [1.29, 1.82) is 0 Å².